The molecule has 0 saturated heterocycles. The van der Waals surface area contributed by atoms with Crippen LogP contribution in [0, 0.1) is 0 Å². The number of aromatic amines is 1. The van der Waals surface area contributed by atoms with Crippen LogP contribution in [0.3, 0.4) is 0 Å². The van der Waals surface area contributed by atoms with E-state index >= 15 is 0 Å². The lowest BCUT2D eigenvalue weighted by Crippen LogP contribution is -2.11. The summed E-state index contributed by atoms with van der Waals surface area (Å²) in [6, 6.07) is 13.5. The number of primary sulfonamides is 1. The first kappa shape index (κ1) is 16.9. The molecular formula is C17H15N7O2S. The van der Waals surface area contributed by atoms with Crippen LogP contribution in [0.5, 0.6) is 0 Å². The Morgan fingerprint density at radius 3 is 2.59 bits per heavy atom. The van der Waals surface area contributed by atoms with Crippen molar-refractivity contribution >= 4 is 44.1 Å². The standard InChI is InChI=1S/C17H15N7O2S/c18-27(25,26)12-6-4-11(5-7-12)21-17-19-9-8-16(23-17)22-14-2-1-3-15-13(14)10-20-24-15/h1-10H,(H,20,24)(H2,18,25,26)(H2,19,21,22,23). The first-order chi connectivity index (χ1) is 13.0. The lowest BCUT2D eigenvalue weighted by atomic mass is 10.2. The predicted octanol–water partition coefficient (Wildman–Crippen LogP) is 2.49. The van der Waals surface area contributed by atoms with Crippen molar-refractivity contribution in [1.29, 1.82) is 0 Å². The Morgan fingerprint density at radius 1 is 1.00 bits per heavy atom. The highest BCUT2D eigenvalue weighted by Crippen LogP contribution is 2.24. The number of nitrogens with one attached hydrogen (secondary N) is 3. The lowest BCUT2D eigenvalue weighted by Gasteiger charge is -2.09. The van der Waals surface area contributed by atoms with Gasteiger partial charge in [-0.05, 0) is 42.5 Å². The van der Waals surface area contributed by atoms with E-state index in [2.05, 4.69) is 30.8 Å². The molecule has 0 radical (unpaired) electrons. The summed E-state index contributed by atoms with van der Waals surface area (Å²) in [4.78, 5) is 8.63. The summed E-state index contributed by atoms with van der Waals surface area (Å²) in [5, 5.41) is 19.3. The highest BCUT2D eigenvalue weighted by atomic mass is 32.2. The van der Waals surface area contributed by atoms with Gasteiger partial charge in [-0.3, -0.25) is 5.10 Å². The normalized spacial score (nSPS) is 11.4. The number of fused-ring (bicyclic) bond motifs is 1. The fraction of sp³-hybridized carbons (Fsp3) is 0. The number of hydrogen-bond acceptors (Lipinski definition) is 7. The summed E-state index contributed by atoms with van der Waals surface area (Å²) in [5.74, 6) is 0.963. The lowest BCUT2D eigenvalue weighted by molar-refractivity contribution is 0.598. The summed E-state index contributed by atoms with van der Waals surface area (Å²) in [6.07, 6.45) is 3.36. The molecule has 0 saturated carbocycles. The Hall–Kier alpha value is -3.50. The third-order valence-electron chi connectivity index (χ3n) is 3.84. The number of rotatable bonds is 5. The van der Waals surface area contributed by atoms with Crippen molar-refractivity contribution in [2.45, 2.75) is 4.90 Å². The van der Waals surface area contributed by atoms with Gasteiger partial charge in [0.25, 0.3) is 0 Å². The van der Waals surface area contributed by atoms with Gasteiger partial charge in [0.1, 0.15) is 5.82 Å². The van der Waals surface area contributed by atoms with E-state index in [0.717, 1.165) is 16.6 Å². The van der Waals surface area contributed by atoms with Crippen molar-refractivity contribution in [3.63, 3.8) is 0 Å². The Kier molecular flexibility index (Phi) is 4.18. The molecule has 0 atom stereocenters. The number of H-pyrrole nitrogens is 1. The van der Waals surface area contributed by atoms with Crippen LogP contribution in [-0.2, 0) is 10.0 Å². The van der Waals surface area contributed by atoms with Crippen molar-refractivity contribution in [3.8, 4) is 0 Å². The minimum atomic E-state index is -3.72. The number of aromatic nitrogens is 4. The summed E-state index contributed by atoms with van der Waals surface area (Å²) >= 11 is 0. The van der Waals surface area contributed by atoms with Gasteiger partial charge >= 0.3 is 0 Å². The van der Waals surface area contributed by atoms with E-state index in [1.165, 1.54) is 12.1 Å². The topological polar surface area (TPSA) is 139 Å². The number of sulfonamides is 1. The highest BCUT2D eigenvalue weighted by Gasteiger charge is 2.08. The van der Waals surface area contributed by atoms with Crippen LogP contribution in [0.1, 0.15) is 0 Å². The Morgan fingerprint density at radius 2 is 1.81 bits per heavy atom. The molecule has 0 unspecified atom stereocenters. The largest absolute Gasteiger partial charge is 0.339 e. The highest BCUT2D eigenvalue weighted by molar-refractivity contribution is 7.89. The van der Waals surface area contributed by atoms with Crippen molar-refractivity contribution in [2.24, 2.45) is 5.14 Å². The molecule has 2 aromatic heterocycles. The molecule has 0 spiro atoms. The zero-order chi connectivity index (χ0) is 18.9. The third-order valence-corrected chi connectivity index (χ3v) is 4.77. The molecule has 0 aliphatic carbocycles. The van der Waals surface area contributed by atoms with Crippen LogP contribution in [0.4, 0.5) is 23.1 Å². The van der Waals surface area contributed by atoms with Crippen molar-refractivity contribution in [1.82, 2.24) is 20.2 Å². The van der Waals surface area contributed by atoms with E-state index < -0.39 is 10.0 Å². The minimum Gasteiger partial charge on any atom is -0.339 e. The molecule has 5 N–H and O–H groups in total. The molecule has 0 aliphatic rings. The number of hydrogen-bond donors (Lipinski definition) is 4. The SMILES string of the molecule is NS(=O)(=O)c1ccc(Nc2nccc(Nc3cccc4[nH]ncc34)n2)cc1. The molecule has 136 valence electrons. The molecule has 10 heteroatoms. The van der Waals surface area contributed by atoms with Crippen LogP contribution in [0.15, 0.2) is 65.8 Å². The summed E-state index contributed by atoms with van der Waals surface area (Å²) in [5.41, 5.74) is 2.42. The molecule has 0 amide bonds. The first-order valence-electron chi connectivity index (χ1n) is 7.91. The minimum absolute atomic E-state index is 0.0394. The van der Waals surface area contributed by atoms with Crippen LogP contribution >= 0.6 is 0 Å². The fourth-order valence-electron chi connectivity index (χ4n) is 2.56. The van der Waals surface area contributed by atoms with Gasteiger partial charge in [-0.25, -0.2) is 18.5 Å². The number of nitrogens with two attached hydrogens (primary N) is 1. The molecule has 2 heterocycles. The van der Waals surface area contributed by atoms with E-state index in [1.807, 2.05) is 18.2 Å². The Balaban J connectivity index is 1.55. The maximum absolute atomic E-state index is 11.3. The van der Waals surface area contributed by atoms with Crippen molar-refractivity contribution in [3.05, 3.63) is 60.9 Å². The Bertz CT molecular complexity index is 1200. The van der Waals surface area contributed by atoms with Gasteiger partial charge in [0, 0.05) is 17.3 Å². The van der Waals surface area contributed by atoms with E-state index in [0.29, 0.717) is 17.5 Å². The predicted molar refractivity (Wildman–Crippen MR) is 103 cm³/mol. The van der Waals surface area contributed by atoms with Crippen LogP contribution in [0.2, 0.25) is 0 Å². The summed E-state index contributed by atoms with van der Waals surface area (Å²) in [7, 11) is -3.72. The van der Waals surface area contributed by atoms with E-state index in [4.69, 9.17) is 5.14 Å². The van der Waals surface area contributed by atoms with Gasteiger partial charge in [-0.15, -0.1) is 0 Å². The molecule has 0 aliphatic heterocycles. The second kappa shape index (κ2) is 6.67. The van der Waals surface area contributed by atoms with Gasteiger partial charge in [-0.1, -0.05) is 6.07 Å². The first-order valence-corrected chi connectivity index (χ1v) is 9.46. The second-order valence-corrected chi connectivity index (χ2v) is 7.28. The maximum Gasteiger partial charge on any atom is 0.238 e. The number of nitrogens with zero attached hydrogens (tertiary/aromatic N) is 3. The molecule has 2 aromatic carbocycles. The molecule has 4 aromatic rings. The number of benzene rings is 2. The smallest absolute Gasteiger partial charge is 0.238 e. The molecule has 0 bridgehead atoms. The molecule has 0 fully saturated rings. The van der Waals surface area contributed by atoms with E-state index in [9.17, 15) is 8.42 Å². The third kappa shape index (κ3) is 3.71. The summed E-state index contributed by atoms with van der Waals surface area (Å²) in [6.45, 7) is 0. The average molecular weight is 381 g/mol. The van der Waals surface area contributed by atoms with Crippen molar-refractivity contribution in [2.75, 3.05) is 10.6 Å². The summed E-state index contributed by atoms with van der Waals surface area (Å²) < 4.78 is 22.6. The van der Waals surface area contributed by atoms with Gasteiger partial charge in [0.2, 0.25) is 16.0 Å². The van der Waals surface area contributed by atoms with Crippen LogP contribution in [0.25, 0.3) is 10.9 Å². The monoisotopic (exact) mass is 381 g/mol. The molecule has 9 nitrogen and oxygen atoms in total. The van der Waals surface area contributed by atoms with Gasteiger partial charge in [-0.2, -0.15) is 10.1 Å². The van der Waals surface area contributed by atoms with Gasteiger partial charge in [0.05, 0.1) is 22.3 Å². The molecular weight excluding hydrogens is 366 g/mol. The van der Waals surface area contributed by atoms with Gasteiger partial charge in [0.15, 0.2) is 0 Å². The van der Waals surface area contributed by atoms with Crippen LogP contribution < -0.4 is 15.8 Å². The van der Waals surface area contributed by atoms with E-state index in [-0.39, 0.29) is 4.90 Å². The van der Waals surface area contributed by atoms with Crippen LogP contribution in [-0.4, -0.2) is 28.6 Å². The van der Waals surface area contributed by atoms with Gasteiger partial charge < -0.3 is 10.6 Å². The zero-order valence-corrected chi connectivity index (χ0v) is 14.7. The quantitative estimate of drug-likeness (QED) is 0.416. The van der Waals surface area contributed by atoms with E-state index in [1.54, 1.807) is 30.6 Å². The second-order valence-electron chi connectivity index (χ2n) is 5.72. The molecule has 27 heavy (non-hydrogen) atoms. The molecule has 4 rings (SSSR count). The fourth-order valence-corrected chi connectivity index (χ4v) is 3.08. The Labute approximate surface area is 154 Å². The maximum atomic E-state index is 11.3. The number of anilines is 4. The average Bonchev–Trinajstić information content (AvgIpc) is 3.12. The van der Waals surface area contributed by atoms with Crippen molar-refractivity contribution < 1.29 is 8.42 Å². The zero-order valence-electron chi connectivity index (χ0n) is 13.9.